The zero-order chi connectivity index (χ0) is 14.8. The average molecular weight is 278 g/mol. The third-order valence-electron chi connectivity index (χ3n) is 1.96. The van der Waals surface area contributed by atoms with Gasteiger partial charge in [0.1, 0.15) is 6.61 Å². The number of hydrogen-bond acceptors (Lipinski definition) is 5. The van der Waals surface area contributed by atoms with Gasteiger partial charge in [0.2, 0.25) is 0 Å². The molecule has 0 aromatic heterocycles. The highest BCUT2D eigenvalue weighted by atomic mass is 16.6. The van der Waals surface area contributed by atoms with E-state index < -0.39 is 0 Å². The van der Waals surface area contributed by atoms with Crippen LogP contribution in [0.4, 0.5) is 0 Å². The van der Waals surface area contributed by atoms with Gasteiger partial charge in [-0.25, -0.2) is 0 Å². The Labute approximate surface area is 117 Å². The molecule has 116 valence electrons. The Morgan fingerprint density at radius 1 is 0.789 bits per heavy atom. The summed E-state index contributed by atoms with van der Waals surface area (Å²) < 4.78 is 19.9. The predicted octanol–water partition coefficient (Wildman–Crippen LogP) is 2.43. The van der Waals surface area contributed by atoms with E-state index >= 15 is 0 Å². The number of carbonyl (C=O) groups excluding carboxylic acids is 1. The summed E-state index contributed by atoms with van der Waals surface area (Å²) >= 11 is 0. The quantitative estimate of drug-likeness (QED) is 0.429. The molecular formula is C14H30O5. The zero-order valence-electron chi connectivity index (χ0n) is 12.9. The fourth-order valence-electron chi connectivity index (χ4n) is 1.02. The SMILES string of the molecule is CCCCOCCOCCOC(C)=O.CCOCC. The second kappa shape index (κ2) is 19.7. The van der Waals surface area contributed by atoms with Crippen LogP contribution in [0.1, 0.15) is 40.5 Å². The molecule has 19 heavy (non-hydrogen) atoms. The Kier molecular flexibility index (Phi) is 21.4. The molecule has 0 amide bonds. The first kappa shape index (κ1) is 20.7. The molecule has 0 heterocycles. The van der Waals surface area contributed by atoms with E-state index in [0.717, 1.165) is 32.7 Å². The fourth-order valence-corrected chi connectivity index (χ4v) is 1.02. The summed E-state index contributed by atoms with van der Waals surface area (Å²) in [5.74, 6) is -0.271. The van der Waals surface area contributed by atoms with Crippen LogP contribution >= 0.6 is 0 Å². The maximum atomic E-state index is 10.3. The number of ether oxygens (including phenoxy) is 4. The zero-order valence-corrected chi connectivity index (χ0v) is 12.9. The summed E-state index contributed by atoms with van der Waals surface area (Å²) in [6.07, 6.45) is 2.24. The van der Waals surface area contributed by atoms with Crippen LogP contribution in [0.15, 0.2) is 0 Å². The first-order chi connectivity index (χ1) is 9.18. The minimum absolute atomic E-state index is 0.271. The monoisotopic (exact) mass is 278 g/mol. The van der Waals surface area contributed by atoms with Gasteiger partial charge >= 0.3 is 5.97 Å². The van der Waals surface area contributed by atoms with E-state index in [4.69, 9.17) is 14.2 Å². The molecule has 0 radical (unpaired) electrons. The summed E-state index contributed by atoms with van der Waals surface area (Å²) in [7, 11) is 0. The molecular weight excluding hydrogens is 248 g/mol. The molecule has 0 fully saturated rings. The van der Waals surface area contributed by atoms with Crippen molar-refractivity contribution in [3.05, 3.63) is 0 Å². The van der Waals surface area contributed by atoms with Crippen molar-refractivity contribution < 1.29 is 23.7 Å². The molecule has 0 aliphatic carbocycles. The fraction of sp³-hybridized carbons (Fsp3) is 0.929. The van der Waals surface area contributed by atoms with Crippen LogP contribution in [0.3, 0.4) is 0 Å². The molecule has 0 aliphatic rings. The van der Waals surface area contributed by atoms with Crippen molar-refractivity contribution in [2.45, 2.75) is 40.5 Å². The van der Waals surface area contributed by atoms with Crippen LogP contribution in [0.25, 0.3) is 0 Å². The van der Waals surface area contributed by atoms with Gasteiger partial charge in [0.25, 0.3) is 0 Å². The van der Waals surface area contributed by atoms with Gasteiger partial charge in [0.05, 0.1) is 19.8 Å². The molecule has 5 nitrogen and oxygen atoms in total. The molecule has 0 aromatic rings. The largest absolute Gasteiger partial charge is 0.463 e. The van der Waals surface area contributed by atoms with Crippen LogP contribution in [-0.4, -0.2) is 52.2 Å². The normalized spacial score (nSPS) is 9.68. The molecule has 0 unspecified atom stereocenters. The van der Waals surface area contributed by atoms with Crippen molar-refractivity contribution in [1.29, 1.82) is 0 Å². The Morgan fingerprint density at radius 3 is 1.74 bits per heavy atom. The lowest BCUT2D eigenvalue weighted by Gasteiger charge is -2.05. The van der Waals surface area contributed by atoms with Crippen LogP contribution < -0.4 is 0 Å². The van der Waals surface area contributed by atoms with Gasteiger partial charge in [0.15, 0.2) is 0 Å². The highest BCUT2D eigenvalue weighted by molar-refractivity contribution is 5.65. The molecule has 0 N–H and O–H groups in total. The second-order valence-corrected chi connectivity index (χ2v) is 3.70. The molecule has 0 aromatic carbocycles. The Balaban J connectivity index is 0. The van der Waals surface area contributed by atoms with Crippen LogP contribution in [-0.2, 0) is 23.7 Å². The molecule has 5 heteroatoms. The van der Waals surface area contributed by atoms with E-state index in [-0.39, 0.29) is 5.97 Å². The minimum atomic E-state index is -0.271. The van der Waals surface area contributed by atoms with Gasteiger partial charge in [0, 0.05) is 26.7 Å². The van der Waals surface area contributed by atoms with Crippen LogP contribution in [0.5, 0.6) is 0 Å². The van der Waals surface area contributed by atoms with Gasteiger partial charge in [-0.15, -0.1) is 0 Å². The summed E-state index contributed by atoms with van der Waals surface area (Å²) in [6.45, 7) is 11.9. The van der Waals surface area contributed by atoms with E-state index in [1.165, 1.54) is 6.92 Å². The van der Waals surface area contributed by atoms with E-state index in [2.05, 4.69) is 11.7 Å². The van der Waals surface area contributed by atoms with E-state index in [1.807, 2.05) is 13.8 Å². The number of unbranched alkanes of at least 4 members (excludes halogenated alkanes) is 1. The lowest BCUT2D eigenvalue weighted by Crippen LogP contribution is -2.11. The second-order valence-electron chi connectivity index (χ2n) is 3.70. The van der Waals surface area contributed by atoms with Crippen molar-refractivity contribution in [1.82, 2.24) is 0 Å². The molecule has 0 saturated carbocycles. The lowest BCUT2D eigenvalue weighted by atomic mass is 10.4. The average Bonchev–Trinajstić information content (AvgIpc) is 2.38. The predicted molar refractivity (Wildman–Crippen MR) is 75.3 cm³/mol. The lowest BCUT2D eigenvalue weighted by molar-refractivity contribution is -0.142. The van der Waals surface area contributed by atoms with Gasteiger partial charge in [-0.05, 0) is 20.3 Å². The number of hydrogen-bond donors (Lipinski definition) is 0. The van der Waals surface area contributed by atoms with E-state index in [1.54, 1.807) is 0 Å². The topological polar surface area (TPSA) is 54.0 Å². The highest BCUT2D eigenvalue weighted by Crippen LogP contribution is 1.87. The standard InChI is InChI=1S/C10H20O4.C4H10O/c1-3-4-5-12-6-7-13-8-9-14-10(2)11;1-3-5-4-2/h3-9H2,1-2H3;3-4H2,1-2H3. The van der Waals surface area contributed by atoms with Gasteiger partial charge in [-0.2, -0.15) is 0 Å². The Bertz CT molecular complexity index is 171. The van der Waals surface area contributed by atoms with Gasteiger partial charge in [-0.3, -0.25) is 4.79 Å². The van der Waals surface area contributed by atoms with Gasteiger partial charge in [-0.1, -0.05) is 13.3 Å². The number of esters is 1. The molecule has 0 spiro atoms. The van der Waals surface area contributed by atoms with Crippen LogP contribution in [0, 0.1) is 0 Å². The smallest absolute Gasteiger partial charge is 0.302 e. The maximum absolute atomic E-state index is 10.3. The van der Waals surface area contributed by atoms with Crippen molar-refractivity contribution in [2.75, 3.05) is 46.2 Å². The Hall–Kier alpha value is -0.650. The molecule has 0 rings (SSSR count). The Morgan fingerprint density at radius 2 is 1.32 bits per heavy atom. The highest BCUT2D eigenvalue weighted by Gasteiger charge is 1.93. The number of rotatable bonds is 11. The summed E-state index contributed by atoms with van der Waals surface area (Å²) in [6, 6.07) is 0. The van der Waals surface area contributed by atoms with Gasteiger partial charge < -0.3 is 18.9 Å². The first-order valence-corrected chi connectivity index (χ1v) is 7.05. The minimum Gasteiger partial charge on any atom is -0.463 e. The maximum Gasteiger partial charge on any atom is 0.302 e. The molecule has 0 aliphatic heterocycles. The van der Waals surface area contributed by atoms with E-state index in [9.17, 15) is 4.79 Å². The summed E-state index contributed by atoms with van der Waals surface area (Å²) in [5.41, 5.74) is 0. The molecule has 0 bridgehead atoms. The van der Waals surface area contributed by atoms with Crippen molar-refractivity contribution >= 4 is 5.97 Å². The van der Waals surface area contributed by atoms with Crippen molar-refractivity contribution in [3.8, 4) is 0 Å². The summed E-state index contributed by atoms with van der Waals surface area (Å²) in [5, 5.41) is 0. The van der Waals surface area contributed by atoms with Crippen molar-refractivity contribution in [2.24, 2.45) is 0 Å². The van der Waals surface area contributed by atoms with E-state index in [0.29, 0.717) is 26.4 Å². The third kappa shape index (κ3) is 26.8. The summed E-state index contributed by atoms with van der Waals surface area (Å²) in [4.78, 5) is 10.3. The third-order valence-corrected chi connectivity index (χ3v) is 1.96. The number of carbonyl (C=O) groups is 1. The van der Waals surface area contributed by atoms with Crippen molar-refractivity contribution in [3.63, 3.8) is 0 Å². The molecule has 0 saturated heterocycles. The first-order valence-electron chi connectivity index (χ1n) is 7.05. The molecule has 0 atom stereocenters. The van der Waals surface area contributed by atoms with Crippen LogP contribution in [0.2, 0.25) is 0 Å².